The zero-order chi connectivity index (χ0) is 20.6. The molecular formula is C23H38N4O2. The van der Waals surface area contributed by atoms with Crippen LogP contribution in [0.15, 0.2) is 18.2 Å². The standard InChI is InChI=1S/C23H38N4O2/c1-4-5-19(3)25-23(28)27(17-20-8-10-24-11-9-20)21-6-7-22(18(2)16-21)26-12-14-29-15-13-26/h6-7,16,19-20,24H,4-5,8-15,17H2,1-3H3,(H,25,28). The van der Waals surface area contributed by atoms with Crippen LogP contribution in [0.5, 0.6) is 0 Å². The molecule has 6 heteroatoms. The Morgan fingerprint density at radius 3 is 2.69 bits per heavy atom. The summed E-state index contributed by atoms with van der Waals surface area (Å²) in [6, 6.07) is 6.69. The number of hydrogen-bond acceptors (Lipinski definition) is 4. The second kappa shape index (κ2) is 10.8. The summed E-state index contributed by atoms with van der Waals surface area (Å²) in [5.74, 6) is 0.544. The fourth-order valence-electron chi connectivity index (χ4n) is 4.39. The van der Waals surface area contributed by atoms with E-state index in [1.54, 1.807) is 0 Å². The lowest BCUT2D eigenvalue weighted by Gasteiger charge is -2.33. The number of nitrogens with zero attached hydrogens (tertiary/aromatic N) is 2. The maximum Gasteiger partial charge on any atom is 0.322 e. The highest BCUT2D eigenvalue weighted by molar-refractivity contribution is 5.92. The number of hydrogen-bond donors (Lipinski definition) is 2. The number of carbonyl (C=O) groups excluding carboxylic acids is 1. The predicted octanol–water partition coefficient (Wildman–Crippen LogP) is 3.54. The van der Waals surface area contributed by atoms with Gasteiger partial charge in [-0.1, -0.05) is 13.3 Å². The van der Waals surface area contributed by atoms with E-state index in [0.29, 0.717) is 5.92 Å². The Morgan fingerprint density at radius 1 is 1.31 bits per heavy atom. The highest BCUT2D eigenvalue weighted by Crippen LogP contribution is 2.28. The van der Waals surface area contributed by atoms with E-state index in [-0.39, 0.29) is 12.1 Å². The molecule has 2 amide bonds. The number of ether oxygens (including phenoxy) is 1. The van der Waals surface area contributed by atoms with Crippen molar-refractivity contribution in [1.82, 2.24) is 10.6 Å². The van der Waals surface area contributed by atoms with Crippen LogP contribution in [0.25, 0.3) is 0 Å². The van der Waals surface area contributed by atoms with Crippen molar-refractivity contribution in [2.24, 2.45) is 5.92 Å². The van der Waals surface area contributed by atoms with Crippen molar-refractivity contribution < 1.29 is 9.53 Å². The zero-order valence-electron chi connectivity index (χ0n) is 18.4. The van der Waals surface area contributed by atoms with Gasteiger partial charge in [-0.15, -0.1) is 0 Å². The van der Waals surface area contributed by atoms with Crippen molar-refractivity contribution in [3.8, 4) is 0 Å². The van der Waals surface area contributed by atoms with E-state index in [9.17, 15) is 4.79 Å². The number of rotatable bonds is 7. The van der Waals surface area contributed by atoms with Gasteiger partial charge in [0.25, 0.3) is 0 Å². The highest BCUT2D eigenvalue weighted by atomic mass is 16.5. The molecule has 1 unspecified atom stereocenters. The van der Waals surface area contributed by atoms with Crippen molar-refractivity contribution in [2.75, 3.05) is 55.7 Å². The quantitative estimate of drug-likeness (QED) is 0.733. The maximum absolute atomic E-state index is 13.2. The molecular weight excluding hydrogens is 364 g/mol. The summed E-state index contributed by atoms with van der Waals surface area (Å²) in [5.41, 5.74) is 3.46. The van der Waals surface area contributed by atoms with Crippen molar-refractivity contribution in [2.45, 2.75) is 52.5 Å². The minimum Gasteiger partial charge on any atom is -0.378 e. The summed E-state index contributed by atoms with van der Waals surface area (Å²) >= 11 is 0. The average Bonchev–Trinajstić information content (AvgIpc) is 2.73. The first-order valence-electron chi connectivity index (χ1n) is 11.3. The van der Waals surface area contributed by atoms with E-state index < -0.39 is 0 Å². The lowest BCUT2D eigenvalue weighted by molar-refractivity contribution is 0.122. The topological polar surface area (TPSA) is 56.8 Å². The van der Waals surface area contributed by atoms with E-state index in [4.69, 9.17) is 4.74 Å². The largest absolute Gasteiger partial charge is 0.378 e. The molecule has 6 nitrogen and oxygen atoms in total. The van der Waals surface area contributed by atoms with Gasteiger partial charge in [0.05, 0.1) is 13.2 Å². The van der Waals surface area contributed by atoms with E-state index in [1.807, 2.05) is 4.90 Å². The second-order valence-electron chi connectivity index (χ2n) is 8.51. The molecule has 2 fully saturated rings. The summed E-state index contributed by atoms with van der Waals surface area (Å²) < 4.78 is 5.49. The molecule has 2 N–H and O–H groups in total. The number of piperidine rings is 1. The number of benzene rings is 1. The van der Waals surface area contributed by atoms with Crippen LogP contribution in [0.3, 0.4) is 0 Å². The normalized spacial score (nSPS) is 19.1. The number of anilines is 2. The SMILES string of the molecule is CCCC(C)NC(=O)N(CC1CCNCC1)c1ccc(N2CCOCC2)c(C)c1. The molecule has 2 aliphatic rings. The van der Waals surface area contributed by atoms with Crippen molar-refractivity contribution in [1.29, 1.82) is 0 Å². The summed E-state index contributed by atoms with van der Waals surface area (Å²) in [4.78, 5) is 17.5. The summed E-state index contributed by atoms with van der Waals surface area (Å²) in [6.07, 6.45) is 4.32. The van der Waals surface area contributed by atoms with Crippen molar-refractivity contribution >= 4 is 17.4 Å². The molecule has 0 spiro atoms. The van der Waals surface area contributed by atoms with E-state index in [0.717, 1.165) is 77.3 Å². The van der Waals surface area contributed by atoms with E-state index in [2.05, 4.69) is 54.5 Å². The Hall–Kier alpha value is -1.79. The Labute approximate surface area is 176 Å². The molecule has 0 aliphatic carbocycles. The smallest absolute Gasteiger partial charge is 0.322 e. The van der Waals surface area contributed by atoms with Gasteiger partial charge in [0, 0.05) is 37.1 Å². The molecule has 2 aliphatic heterocycles. The molecule has 29 heavy (non-hydrogen) atoms. The summed E-state index contributed by atoms with van der Waals surface area (Å²) in [6.45, 7) is 12.7. The molecule has 1 aromatic carbocycles. The van der Waals surface area contributed by atoms with Gasteiger partial charge in [-0.2, -0.15) is 0 Å². The van der Waals surface area contributed by atoms with Crippen LogP contribution in [0.4, 0.5) is 16.2 Å². The van der Waals surface area contributed by atoms with Crippen LogP contribution >= 0.6 is 0 Å². The monoisotopic (exact) mass is 402 g/mol. The number of nitrogens with one attached hydrogen (secondary N) is 2. The number of urea groups is 1. The Balaban J connectivity index is 1.78. The molecule has 3 rings (SSSR count). The van der Waals surface area contributed by atoms with Crippen LogP contribution in [-0.2, 0) is 4.74 Å². The highest BCUT2D eigenvalue weighted by Gasteiger charge is 2.24. The lowest BCUT2D eigenvalue weighted by Crippen LogP contribution is -2.47. The van der Waals surface area contributed by atoms with Crippen LogP contribution in [-0.4, -0.2) is 58.0 Å². The molecule has 2 saturated heterocycles. The van der Waals surface area contributed by atoms with E-state index >= 15 is 0 Å². The minimum absolute atomic E-state index is 0.0306. The third-order valence-corrected chi connectivity index (χ3v) is 6.08. The van der Waals surface area contributed by atoms with Gasteiger partial charge in [-0.3, -0.25) is 4.90 Å². The Bertz CT molecular complexity index is 654. The lowest BCUT2D eigenvalue weighted by atomic mass is 9.97. The van der Waals surface area contributed by atoms with E-state index in [1.165, 1.54) is 11.3 Å². The van der Waals surface area contributed by atoms with Gasteiger partial charge in [0.1, 0.15) is 0 Å². The number of aryl methyl sites for hydroxylation is 1. The molecule has 1 atom stereocenters. The third kappa shape index (κ3) is 6.09. The molecule has 0 saturated carbocycles. The molecule has 0 bridgehead atoms. The third-order valence-electron chi connectivity index (χ3n) is 6.08. The summed E-state index contributed by atoms with van der Waals surface area (Å²) in [5, 5.41) is 6.63. The predicted molar refractivity (Wildman–Crippen MR) is 120 cm³/mol. The van der Waals surface area contributed by atoms with Gasteiger partial charge in [0.15, 0.2) is 0 Å². The van der Waals surface area contributed by atoms with Crippen molar-refractivity contribution in [3.63, 3.8) is 0 Å². The second-order valence-corrected chi connectivity index (χ2v) is 8.51. The van der Waals surface area contributed by atoms with Crippen molar-refractivity contribution in [3.05, 3.63) is 23.8 Å². The fraction of sp³-hybridized carbons (Fsp3) is 0.696. The van der Waals surface area contributed by atoms with Gasteiger partial charge in [-0.05, 0) is 75.9 Å². The first kappa shape index (κ1) is 21.9. The number of amides is 2. The van der Waals surface area contributed by atoms with Gasteiger partial charge in [-0.25, -0.2) is 4.79 Å². The molecule has 1 aromatic rings. The molecule has 162 valence electrons. The van der Waals surface area contributed by atoms with Crippen LogP contribution in [0.1, 0.15) is 45.1 Å². The Morgan fingerprint density at radius 2 is 2.03 bits per heavy atom. The zero-order valence-corrected chi connectivity index (χ0v) is 18.4. The first-order chi connectivity index (χ1) is 14.1. The minimum atomic E-state index is 0.0306. The van der Waals surface area contributed by atoms with Gasteiger partial charge >= 0.3 is 6.03 Å². The maximum atomic E-state index is 13.2. The van der Waals surface area contributed by atoms with Gasteiger partial charge in [0.2, 0.25) is 0 Å². The number of carbonyl (C=O) groups is 1. The fourth-order valence-corrected chi connectivity index (χ4v) is 4.39. The number of morpholine rings is 1. The van der Waals surface area contributed by atoms with Crippen LogP contribution in [0.2, 0.25) is 0 Å². The molecule has 0 aromatic heterocycles. The molecule has 0 radical (unpaired) electrons. The van der Waals surface area contributed by atoms with Crippen LogP contribution in [0, 0.1) is 12.8 Å². The van der Waals surface area contributed by atoms with Gasteiger partial charge < -0.3 is 20.3 Å². The first-order valence-corrected chi connectivity index (χ1v) is 11.3. The Kier molecular flexibility index (Phi) is 8.19. The average molecular weight is 403 g/mol. The molecule has 2 heterocycles. The summed E-state index contributed by atoms with van der Waals surface area (Å²) in [7, 11) is 0. The van der Waals surface area contributed by atoms with Crippen LogP contribution < -0.4 is 20.4 Å².